The Balaban J connectivity index is 1.93. The van der Waals surface area contributed by atoms with Crippen LogP contribution in [0.3, 0.4) is 0 Å². The normalized spacial score (nSPS) is 26.2. The van der Waals surface area contributed by atoms with Crippen LogP contribution in [0.2, 0.25) is 0 Å². The molecule has 0 saturated carbocycles. The second-order valence-corrected chi connectivity index (χ2v) is 11.1. The predicted octanol–water partition coefficient (Wildman–Crippen LogP) is 0.156. The van der Waals surface area contributed by atoms with Gasteiger partial charge in [-0.15, -0.1) is 0 Å². The van der Waals surface area contributed by atoms with Crippen molar-refractivity contribution in [1.82, 2.24) is 42.5 Å². The van der Waals surface area contributed by atoms with Gasteiger partial charge in [-0.25, -0.2) is 0 Å². The van der Waals surface area contributed by atoms with Gasteiger partial charge in [0.1, 0.15) is 0 Å². The minimum atomic E-state index is -0.0422. The first-order valence-electron chi connectivity index (χ1n) is 15.2. The average molecular weight is 533 g/mol. The number of fused-ring (bicyclic) bond motifs is 15. The molecule has 0 radical (unpaired) electrons. The fourth-order valence-electron chi connectivity index (χ4n) is 5.32. The van der Waals surface area contributed by atoms with Crippen molar-refractivity contribution in [2.45, 2.75) is 75.3 Å². The van der Waals surface area contributed by atoms with Gasteiger partial charge in [0, 0.05) is 91.4 Å². The molecule has 0 aliphatic carbocycles. The van der Waals surface area contributed by atoms with Crippen molar-refractivity contribution in [3.05, 3.63) is 0 Å². The van der Waals surface area contributed by atoms with Crippen LogP contribution >= 0.6 is 0 Å². The lowest BCUT2D eigenvalue weighted by Crippen LogP contribution is -2.67. The highest BCUT2D eigenvalue weighted by atomic mass is 15.2. The smallest absolute Gasteiger partial charge is 0.0621 e. The molecule has 3 rings (SSSR count). The summed E-state index contributed by atoms with van der Waals surface area (Å²) in [4.78, 5) is 0. The maximum Gasteiger partial charge on any atom is 0.0621 e. The highest BCUT2D eigenvalue weighted by Crippen LogP contribution is 2.08. The zero-order valence-electron chi connectivity index (χ0n) is 23.9. The molecule has 0 unspecified atom stereocenters. The van der Waals surface area contributed by atoms with Gasteiger partial charge in [-0.3, -0.25) is 0 Å². The lowest BCUT2D eigenvalue weighted by molar-refractivity contribution is 0.253. The molecular weight excluding hydrogens is 476 g/mol. The molecule has 38 heavy (non-hydrogen) atoms. The van der Waals surface area contributed by atoms with Crippen molar-refractivity contribution in [3.8, 4) is 12.1 Å². The maximum absolute atomic E-state index is 8.74. The summed E-state index contributed by atoms with van der Waals surface area (Å²) in [5, 5.41) is 47.7. The molecule has 10 nitrogen and oxygen atoms in total. The van der Waals surface area contributed by atoms with Gasteiger partial charge in [-0.2, -0.15) is 10.5 Å². The largest absolute Gasteiger partial charge is 0.314 e. The van der Waals surface area contributed by atoms with E-state index in [9.17, 15) is 0 Å². The van der Waals surface area contributed by atoms with Crippen molar-refractivity contribution in [1.29, 1.82) is 10.5 Å². The molecule has 3 aliphatic rings. The van der Waals surface area contributed by atoms with Crippen molar-refractivity contribution in [2.24, 2.45) is 0 Å². The van der Waals surface area contributed by atoms with E-state index in [0.29, 0.717) is 12.8 Å². The fraction of sp³-hybridized carbons (Fsp3) is 0.929. The van der Waals surface area contributed by atoms with E-state index in [2.05, 4.69) is 54.7 Å². The first-order valence-corrected chi connectivity index (χ1v) is 15.2. The predicted molar refractivity (Wildman–Crippen MR) is 156 cm³/mol. The third kappa shape index (κ3) is 14.7. The van der Waals surface area contributed by atoms with Crippen molar-refractivity contribution in [3.63, 3.8) is 0 Å². The topological polar surface area (TPSA) is 144 Å². The van der Waals surface area contributed by atoms with Gasteiger partial charge in [-0.1, -0.05) is 25.7 Å². The van der Waals surface area contributed by atoms with Crippen LogP contribution in [0.5, 0.6) is 0 Å². The highest BCUT2D eigenvalue weighted by molar-refractivity contribution is 4.98. The van der Waals surface area contributed by atoms with Crippen LogP contribution in [0.4, 0.5) is 0 Å². The summed E-state index contributed by atoms with van der Waals surface area (Å²) in [7, 11) is 0. The van der Waals surface area contributed by atoms with E-state index in [-0.39, 0.29) is 11.1 Å². The Morgan fingerprint density at radius 2 is 0.737 bits per heavy atom. The van der Waals surface area contributed by atoms with Gasteiger partial charge < -0.3 is 42.5 Å². The summed E-state index contributed by atoms with van der Waals surface area (Å²) in [6.45, 7) is 13.1. The standard InChI is InChI=1S/C28H56N10/c29-11-7-3-1-5-9-13-37-27-21-31-15-18-34-24-28(25-35-19-16-32-22-27,26-36-20-17-33-23-27)38-14-10-6-2-4-8-12-30/h31-38H,1-10,13-26H2. The number of hydrogen-bond donors (Lipinski definition) is 8. The Morgan fingerprint density at radius 1 is 0.447 bits per heavy atom. The van der Waals surface area contributed by atoms with Crippen molar-refractivity contribution >= 4 is 0 Å². The summed E-state index contributed by atoms with van der Waals surface area (Å²) in [6.07, 6.45) is 10.3. The molecular formula is C28H56N10. The van der Waals surface area contributed by atoms with Crippen LogP contribution in [0.25, 0.3) is 0 Å². The lowest BCUT2D eigenvalue weighted by Gasteiger charge is -2.39. The zero-order valence-corrected chi connectivity index (χ0v) is 23.9. The molecule has 3 aliphatic heterocycles. The van der Waals surface area contributed by atoms with Crippen LogP contribution in [-0.2, 0) is 0 Å². The molecule has 2 bridgehead atoms. The number of hydrogen-bond acceptors (Lipinski definition) is 10. The number of nitrogens with one attached hydrogen (secondary N) is 8. The van der Waals surface area contributed by atoms with Crippen LogP contribution in [-0.4, -0.2) is 103 Å². The molecule has 8 N–H and O–H groups in total. The monoisotopic (exact) mass is 532 g/mol. The van der Waals surface area contributed by atoms with Gasteiger partial charge in [0.25, 0.3) is 0 Å². The zero-order chi connectivity index (χ0) is 27.0. The van der Waals surface area contributed by atoms with Gasteiger partial charge in [0.15, 0.2) is 0 Å². The molecule has 0 amide bonds. The van der Waals surface area contributed by atoms with Crippen LogP contribution in [0.15, 0.2) is 0 Å². The maximum atomic E-state index is 8.74. The van der Waals surface area contributed by atoms with E-state index in [0.717, 1.165) is 130 Å². The van der Waals surface area contributed by atoms with Gasteiger partial charge in [-0.05, 0) is 38.8 Å². The first kappa shape index (κ1) is 32.9. The third-order valence-electron chi connectivity index (χ3n) is 7.65. The number of rotatable bonds is 14. The Hall–Kier alpha value is -1.34. The Morgan fingerprint density at radius 3 is 1.03 bits per heavy atom. The summed E-state index contributed by atoms with van der Waals surface area (Å²) >= 11 is 0. The van der Waals surface area contributed by atoms with E-state index < -0.39 is 0 Å². The quantitative estimate of drug-likeness (QED) is 0.146. The fourth-order valence-corrected chi connectivity index (χ4v) is 5.32. The minimum absolute atomic E-state index is 0.0422. The Bertz CT molecular complexity index is 559. The first-order chi connectivity index (χ1) is 18.7. The number of nitriles is 2. The van der Waals surface area contributed by atoms with E-state index >= 15 is 0 Å². The van der Waals surface area contributed by atoms with Crippen molar-refractivity contribution < 1.29 is 0 Å². The molecule has 0 aromatic rings. The molecule has 0 atom stereocenters. The van der Waals surface area contributed by atoms with E-state index in [1.807, 2.05) is 0 Å². The molecule has 0 spiro atoms. The molecule has 3 heterocycles. The summed E-state index contributed by atoms with van der Waals surface area (Å²) in [5.41, 5.74) is -0.0844. The average Bonchev–Trinajstić information content (AvgIpc) is 2.92. The molecule has 10 heteroatoms. The van der Waals surface area contributed by atoms with Gasteiger partial charge in [0.05, 0.1) is 23.2 Å². The lowest BCUT2D eigenvalue weighted by atomic mass is 9.96. The molecule has 3 saturated heterocycles. The molecule has 0 aromatic heterocycles. The van der Waals surface area contributed by atoms with Gasteiger partial charge in [0.2, 0.25) is 0 Å². The summed E-state index contributed by atoms with van der Waals surface area (Å²) in [5.74, 6) is 0. The molecule has 218 valence electrons. The molecule has 0 aromatic carbocycles. The van der Waals surface area contributed by atoms with Crippen LogP contribution in [0.1, 0.15) is 64.2 Å². The Labute approximate surface area is 232 Å². The molecule has 3 fully saturated rings. The summed E-state index contributed by atoms with van der Waals surface area (Å²) in [6, 6.07) is 4.50. The van der Waals surface area contributed by atoms with E-state index in [1.54, 1.807) is 0 Å². The Kier molecular flexibility index (Phi) is 18.6. The van der Waals surface area contributed by atoms with Crippen LogP contribution in [0, 0.1) is 22.7 Å². The second kappa shape index (κ2) is 21.5. The van der Waals surface area contributed by atoms with Crippen molar-refractivity contribution in [2.75, 3.05) is 91.6 Å². The second-order valence-electron chi connectivity index (χ2n) is 11.1. The minimum Gasteiger partial charge on any atom is -0.314 e. The van der Waals surface area contributed by atoms with E-state index in [4.69, 9.17) is 10.5 Å². The number of nitrogens with zero attached hydrogens (tertiary/aromatic N) is 2. The van der Waals surface area contributed by atoms with Gasteiger partial charge >= 0.3 is 0 Å². The third-order valence-corrected chi connectivity index (χ3v) is 7.65. The SMILES string of the molecule is N#CCCCCCCNC12CNCCNCC(NCCCCCCC#N)(CNCCNC1)CNCCNC2. The number of unbranched alkanes of at least 4 members (excludes halogenated alkanes) is 8. The van der Waals surface area contributed by atoms with Crippen LogP contribution < -0.4 is 42.5 Å². The highest BCUT2D eigenvalue weighted by Gasteiger charge is 2.31. The van der Waals surface area contributed by atoms with E-state index in [1.165, 1.54) is 12.8 Å². The summed E-state index contributed by atoms with van der Waals surface area (Å²) < 4.78 is 0.